The second kappa shape index (κ2) is 6.74. The summed E-state index contributed by atoms with van der Waals surface area (Å²) in [5, 5.41) is 12.0. The lowest BCUT2D eigenvalue weighted by molar-refractivity contribution is -0.140. The Labute approximate surface area is 125 Å². The molecule has 0 aliphatic heterocycles. The number of aliphatic carboxylic acids is 1. The van der Waals surface area contributed by atoms with E-state index in [1.54, 1.807) is 0 Å². The van der Waals surface area contributed by atoms with Gasteiger partial charge in [0.05, 0.1) is 6.42 Å². The maximum Gasteiger partial charge on any atom is 0.303 e. The van der Waals surface area contributed by atoms with Gasteiger partial charge in [0.25, 0.3) is 0 Å². The molecule has 114 valence electrons. The molecule has 4 nitrogen and oxygen atoms in total. The number of carboxylic acids is 1. The van der Waals surface area contributed by atoms with Crippen LogP contribution < -0.4 is 5.32 Å². The molecule has 2 N–H and O–H groups in total. The molecule has 1 aromatic carbocycles. The summed E-state index contributed by atoms with van der Waals surface area (Å²) >= 11 is 0. The van der Waals surface area contributed by atoms with E-state index in [0.29, 0.717) is 13.0 Å². The number of carbonyl (C=O) groups excluding carboxylic acids is 1. The van der Waals surface area contributed by atoms with E-state index >= 15 is 0 Å². The standard InChI is InChI=1S/C17H23NO3/c1-13-4-6-14(7-5-13)12-18-15(19)10-17(11-16(20)21)8-2-3-9-17/h4-7H,2-3,8-12H2,1H3,(H,18,19)(H,20,21). The van der Waals surface area contributed by atoms with Crippen LogP contribution in [0.15, 0.2) is 24.3 Å². The number of carbonyl (C=O) groups is 2. The highest BCUT2D eigenvalue weighted by molar-refractivity contribution is 5.78. The summed E-state index contributed by atoms with van der Waals surface area (Å²) in [6.07, 6.45) is 4.17. The largest absolute Gasteiger partial charge is 0.481 e. The zero-order valence-electron chi connectivity index (χ0n) is 12.5. The predicted molar refractivity (Wildman–Crippen MR) is 80.8 cm³/mol. The van der Waals surface area contributed by atoms with E-state index in [0.717, 1.165) is 31.2 Å². The number of amides is 1. The number of nitrogens with one attached hydrogen (secondary N) is 1. The van der Waals surface area contributed by atoms with Gasteiger partial charge < -0.3 is 10.4 Å². The fourth-order valence-corrected chi connectivity index (χ4v) is 3.17. The first kappa shape index (κ1) is 15.5. The van der Waals surface area contributed by atoms with Crippen molar-refractivity contribution in [3.8, 4) is 0 Å². The highest BCUT2D eigenvalue weighted by atomic mass is 16.4. The minimum absolute atomic E-state index is 0.0428. The maximum absolute atomic E-state index is 12.1. The van der Waals surface area contributed by atoms with Gasteiger partial charge in [0.2, 0.25) is 5.91 Å². The molecule has 0 bridgehead atoms. The van der Waals surface area contributed by atoms with Crippen molar-refractivity contribution in [2.45, 2.75) is 52.0 Å². The van der Waals surface area contributed by atoms with Crippen molar-refractivity contribution >= 4 is 11.9 Å². The topological polar surface area (TPSA) is 66.4 Å². The molecule has 1 fully saturated rings. The number of carboxylic acid groups (broad SMARTS) is 1. The normalized spacial score (nSPS) is 16.6. The Kier molecular flexibility index (Phi) is 4.99. The molecule has 21 heavy (non-hydrogen) atoms. The smallest absolute Gasteiger partial charge is 0.303 e. The Hall–Kier alpha value is -1.84. The van der Waals surface area contributed by atoms with Gasteiger partial charge in [-0.05, 0) is 30.7 Å². The van der Waals surface area contributed by atoms with Gasteiger partial charge in [0, 0.05) is 13.0 Å². The van der Waals surface area contributed by atoms with Crippen LogP contribution in [0.1, 0.15) is 49.7 Å². The van der Waals surface area contributed by atoms with E-state index in [4.69, 9.17) is 5.11 Å². The second-order valence-corrected chi connectivity index (χ2v) is 6.22. The van der Waals surface area contributed by atoms with Crippen molar-refractivity contribution < 1.29 is 14.7 Å². The van der Waals surface area contributed by atoms with Gasteiger partial charge in [-0.15, -0.1) is 0 Å². The molecular weight excluding hydrogens is 266 g/mol. The molecule has 1 aliphatic rings. The Morgan fingerprint density at radius 1 is 1.14 bits per heavy atom. The van der Waals surface area contributed by atoms with Crippen molar-refractivity contribution in [2.24, 2.45) is 5.41 Å². The van der Waals surface area contributed by atoms with Crippen LogP contribution in [0.3, 0.4) is 0 Å². The lowest BCUT2D eigenvalue weighted by atomic mass is 9.79. The molecule has 1 amide bonds. The van der Waals surface area contributed by atoms with Gasteiger partial charge >= 0.3 is 5.97 Å². The summed E-state index contributed by atoms with van der Waals surface area (Å²) in [5.41, 5.74) is 1.92. The highest BCUT2D eigenvalue weighted by Gasteiger charge is 2.37. The van der Waals surface area contributed by atoms with Crippen molar-refractivity contribution in [3.05, 3.63) is 35.4 Å². The predicted octanol–water partition coefficient (Wildman–Crippen LogP) is 3.04. The first-order valence-electron chi connectivity index (χ1n) is 7.53. The van der Waals surface area contributed by atoms with Crippen LogP contribution in [0.5, 0.6) is 0 Å². The zero-order valence-corrected chi connectivity index (χ0v) is 12.5. The van der Waals surface area contributed by atoms with Gasteiger partial charge in [-0.25, -0.2) is 0 Å². The summed E-state index contributed by atoms with van der Waals surface area (Å²) in [6, 6.07) is 8.03. The van der Waals surface area contributed by atoms with Gasteiger partial charge in [0.1, 0.15) is 0 Å². The fraction of sp³-hybridized carbons (Fsp3) is 0.529. The Morgan fingerprint density at radius 2 is 1.76 bits per heavy atom. The summed E-state index contributed by atoms with van der Waals surface area (Å²) < 4.78 is 0. The average molecular weight is 289 g/mol. The van der Waals surface area contributed by atoms with Crippen LogP contribution in [-0.4, -0.2) is 17.0 Å². The van der Waals surface area contributed by atoms with Gasteiger partial charge in [-0.2, -0.15) is 0 Å². The van der Waals surface area contributed by atoms with E-state index < -0.39 is 5.97 Å². The summed E-state index contributed by atoms with van der Waals surface area (Å²) in [5.74, 6) is -0.845. The molecule has 0 heterocycles. The van der Waals surface area contributed by atoms with Gasteiger partial charge in [-0.1, -0.05) is 42.7 Å². The van der Waals surface area contributed by atoms with E-state index in [9.17, 15) is 9.59 Å². The minimum Gasteiger partial charge on any atom is -0.481 e. The molecule has 2 rings (SSSR count). The molecule has 0 atom stereocenters. The van der Waals surface area contributed by atoms with E-state index in [-0.39, 0.29) is 17.7 Å². The van der Waals surface area contributed by atoms with Crippen LogP contribution in [0.2, 0.25) is 0 Å². The van der Waals surface area contributed by atoms with Crippen molar-refractivity contribution in [2.75, 3.05) is 0 Å². The number of benzene rings is 1. The van der Waals surface area contributed by atoms with Crippen LogP contribution in [0.4, 0.5) is 0 Å². The minimum atomic E-state index is -0.803. The average Bonchev–Trinajstić information content (AvgIpc) is 2.85. The third kappa shape index (κ3) is 4.59. The molecule has 1 aliphatic carbocycles. The third-order valence-corrected chi connectivity index (χ3v) is 4.34. The molecule has 0 unspecified atom stereocenters. The van der Waals surface area contributed by atoms with E-state index in [1.807, 2.05) is 31.2 Å². The summed E-state index contributed by atoms with van der Waals surface area (Å²) in [4.78, 5) is 23.1. The quantitative estimate of drug-likeness (QED) is 0.846. The molecule has 0 saturated heterocycles. The van der Waals surface area contributed by atoms with Gasteiger partial charge in [-0.3, -0.25) is 9.59 Å². The first-order chi connectivity index (χ1) is 9.99. The number of hydrogen-bond acceptors (Lipinski definition) is 2. The third-order valence-electron chi connectivity index (χ3n) is 4.34. The summed E-state index contributed by atoms with van der Waals surface area (Å²) in [7, 11) is 0. The second-order valence-electron chi connectivity index (χ2n) is 6.22. The molecule has 0 spiro atoms. The van der Waals surface area contributed by atoms with Crippen molar-refractivity contribution in [3.63, 3.8) is 0 Å². The van der Waals surface area contributed by atoms with Crippen molar-refractivity contribution in [1.29, 1.82) is 0 Å². The van der Waals surface area contributed by atoms with E-state index in [1.165, 1.54) is 5.56 Å². The highest BCUT2D eigenvalue weighted by Crippen LogP contribution is 2.43. The number of hydrogen-bond donors (Lipinski definition) is 2. The fourth-order valence-electron chi connectivity index (χ4n) is 3.17. The Morgan fingerprint density at radius 3 is 2.33 bits per heavy atom. The number of aryl methyl sites for hydroxylation is 1. The Balaban J connectivity index is 1.87. The molecule has 0 radical (unpaired) electrons. The Bertz CT molecular complexity index is 501. The molecule has 0 aromatic heterocycles. The van der Waals surface area contributed by atoms with Crippen LogP contribution in [-0.2, 0) is 16.1 Å². The zero-order chi connectivity index (χ0) is 15.3. The van der Waals surface area contributed by atoms with Gasteiger partial charge in [0.15, 0.2) is 0 Å². The molecular formula is C17H23NO3. The van der Waals surface area contributed by atoms with Crippen molar-refractivity contribution in [1.82, 2.24) is 5.32 Å². The van der Waals surface area contributed by atoms with Crippen LogP contribution in [0.25, 0.3) is 0 Å². The maximum atomic E-state index is 12.1. The van der Waals surface area contributed by atoms with Crippen LogP contribution in [0, 0.1) is 12.3 Å². The number of rotatable bonds is 6. The first-order valence-corrected chi connectivity index (χ1v) is 7.53. The summed E-state index contributed by atoms with van der Waals surface area (Å²) in [6.45, 7) is 2.53. The van der Waals surface area contributed by atoms with E-state index in [2.05, 4.69) is 5.32 Å². The monoisotopic (exact) mass is 289 g/mol. The SMILES string of the molecule is Cc1ccc(CNC(=O)CC2(CC(=O)O)CCCC2)cc1. The molecule has 1 saturated carbocycles. The molecule has 1 aromatic rings. The lowest BCUT2D eigenvalue weighted by Crippen LogP contribution is -2.31. The lowest BCUT2D eigenvalue weighted by Gasteiger charge is -2.26. The molecule has 4 heteroatoms. The van der Waals surface area contributed by atoms with Crippen LogP contribution >= 0.6 is 0 Å².